The molecule has 1 heterocycles. The number of amides is 1. The number of aryl methyl sites for hydroxylation is 2. The fourth-order valence-corrected chi connectivity index (χ4v) is 2.51. The highest BCUT2D eigenvalue weighted by Crippen LogP contribution is 2.13. The smallest absolute Gasteiger partial charge is 0.251 e. The lowest BCUT2D eigenvalue weighted by molar-refractivity contribution is 0.0925. The van der Waals surface area contributed by atoms with Crippen LogP contribution >= 0.6 is 12.4 Å². The molecule has 0 radical (unpaired) electrons. The van der Waals surface area contributed by atoms with E-state index >= 15 is 0 Å². The van der Waals surface area contributed by atoms with Gasteiger partial charge in [-0.05, 0) is 51.8 Å². The van der Waals surface area contributed by atoms with Crippen LogP contribution in [0, 0.1) is 13.8 Å². The van der Waals surface area contributed by atoms with Gasteiger partial charge in [0.15, 0.2) is 0 Å². The fraction of sp³-hybridized carbons (Fsp3) is 0.533. The number of benzene rings is 1. The Morgan fingerprint density at radius 1 is 1.37 bits per heavy atom. The van der Waals surface area contributed by atoms with E-state index in [1.165, 1.54) is 0 Å². The van der Waals surface area contributed by atoms with E-state index in [-0.39, 0.29) is 18.3 Å². The molecule has 2 atom stereocenters. The first-order chi connectivity index (χ1) is 8.56. The summed E-state index contributed by atoms with van der Waals surface area (Å²) in [5, 5.41) is 6.55. The Balaban J connectivity index is 0.00000180. The topological polar surface area (TPSA) is 41.1 Å². The van der Waals surface area contributed by atoms with Crippen molar-refractivity contribution in [2.24, 2.45) is 0 Å². The molecule has 3 nitrogen and oxygen atoms in total. The average molecular weight is 283 g/mol. The molecular formula is C15H23ClN2O. The molecule has 4 heteroatoms. The number of hydrogen-bond donors (Lipinski definition) is 2. The van der Waals surface area contributed by atoms with Gasteiger partial charge in [0, 0.05) is 17.6 Å². The van der Waals surface area contributed by atoms with Gasteiger partial charge in [-0.3, -0.25) is 4.79 Å². The molecule has 0 aromatic heterocycles. The van der Waals surface area contributed by atoms with Gasteiger partial charge in [-0.2, -0.15) is 0 Å². The third-order valence-electron chi connectivity index (χ3n) is 3.60. The molecule has 19 heavy (non-hydrogen) atoms. The van der Waals surface area contributed by atoms with Gasteiger partial charge in [-0.25, -0.2) is 0 Å². The maximum absolute atomic E-state index is 12.3. The third kappa shape index (κ3) is 4.22. The highest BCUT2D eigenvalue weighted by Gasteiger charge is 2.21. The number of rotatable bonds is 2. The zero-order chi connectivity index (χ0) is 13.1. The summed E-state index contributed by atoms with van der Waals surface area (Å²) in [6.07, 6.45) is 2.03. The second-order valence-corrected chi connectivity index (χ2v) is 5.37. The summed E-state index contributed by atoms with van der Waals surface area (Å²) in [5.41, 5.74) is 2.98. The monoisotopic (exact) mass is 282 g/mol. The fourth-order valence-electron chi connectivity index (χ4n) is 2.51. The molecule has 1 fully saturated rings. The summed E-state index contributed by atoms with van der Waals surface area (Å²) in [6, 6.07) is 6.81. The molecule has 1 aromatic rings. The molecule has 1 amide bonds. The number of piperidine rings is 1. The third-order valence-corrected chi connectivity index (χ3v) is 3.60. The lowest BCUT2D eigenvalue weighted by atomic mass is 9.99. The molecule has 1 aliphatic rings. The number of carbonyl (C=O) groups is 1. The van der Waals surface area contributed by atoms with Crippen LogP contribution in [0.15, 0.2) is 18.2 Å². The number of nitrogens with one attached hydrogen (secondary N) is 2. The van der Waals surface area contributed by atoms with Crippen molar-refractivity contribution in [2.75, 3.05) is 6.54 Å². The van der Waals surface area contributed by atoms with Crippen molar-refractivity contribution >= 4 is 18.3 Å². The Morgan fingerprint density at radius 3 is 2.79 bits per heavy atom. The molecule has 1 saturated heterocycles. The first-order valence-electron chi connectivity index (χ1n) is 6.68. The molecule has 0 aliphatic carbocycles. The summed E-state index contributed by atoms with van der Waals surface area (Å²) in [4.78, 5) is 12.3. The van der Waals surface area contributed by atoms with Gasteiger partial charge in [-0.1, -0.05) is 17.7 Å². The summed E-state index contributed by atoms with van der Waals surface area (Å²) in [5.74, 6) is 0.0651. The van der Waals surface area contributed by atoms with E-state index in [0.29, 0.717) is 12.1 Å². The van der Waals surface area contributed by atoms with E-state index < -0.39 is 0 Å². The zero-order valence-electron chi connectivity index (χ0n) is 11.8. The first-order valence-corrected chi connectivity index (χ1v) is 6.68. The standard InChI is InChI=1S/C15H22N2O.ClH/c1-10-4-5-11(2)14(8-10)15(18)17-13-6-7-16-12(3)9-13;/h4-5,8,12-13,16H,6-7,9H2,1-3H3,(H,17,18);1H. The molecule has 106 valence electrons. The minimum absolute atomic E-state index is 0. The van der Waals surface area contributed by atoms with Crippen LogP contribution in [0.5, 0.6) is 0 Å². The molecule has 0 saturated carbocycles. The van der Waals surface area contributed by atoms with E-state index in [0.717, 1.165) is 36.1 Å². The van der Waals surface area contributed by atoms with Gasteiger partial charge >= 0.3 is 0 Å². The Hall–Kier alpha value is -1.06. The van der Waals surface area contributed by atoms with Gasteiger partial charge in [0.25, 0.3) is 5.91 Å². The molecule has 2 rings (SSSR count). The number of halogens is 1. The Morgan fingerprint density at radius 2 is 2.11 bits per heavy atom. The van der Waals surface area contributed by atoms with Gasteiger partial charge in [0.05, 0.1) is 0 Å². The van der Waals surface area contributed by atoms with Crippen LogP contribution in [0.4, 0.5) is 0 Å². The van der Waals surface area contributed by atoms with Crippen molar-refractivity contribution in [1.82, 2.24) is 10.6 Å². The molecule has 2 N–H and O–H groups in total. The molecule has 0 spiro atoms. The van der Waals surface area contributed by atoms with Crippen LogP contribution in [0.1, 0.15) is 41.3 Å². The van der Waals surface area contributed by atoms with Crippen LogP contribution in [0.2, 0.25) is 0 Å². The van der Waals surface area contributed by atoms with Crippen molar-refractivity contribution < 1.29 is 4.79 Å². The SMILES string of the molecule is Cc1ccc(C)c(C(=O)NC2CCNC(C)C2)c1.Cl. The van der Waals surface area contributed by atoms with E-state index in [1.807, 2.05) is 32.0 Å². The van der Waals surface area contributed by atoms with Gasteiger partial charge in [0.2, 0.25) is 0 Å². The zero-order valence-corrected chi connectivity index (χ0v) is 12.6. The van der Waals surface area contributed by atoms with Crippen molar-refractivity contribution in [3.05, 3.63) is 34.9 Å². The average Bonchev–Trinajstić information content (AvgIpc) is 2.32. The number of hydrogen-bond acceptors (Lipinski definition) is 2. The quantitative estimate of drug-likeness (QED) is 0.875. The normalized spacial score (nSPS) is 22.5. The summed E-state index contributed by atoms with van der Waals surface area (Å²) in [7, 11) is 0. The number of carbonyl (C=O) groups excluding carboxylic acids is 1. The van der Waals surface area contributed by atoms with Gasteiger partial charge in [-0.15, -0.1) is 12.4 Å². The van der Waals surface area contributed by atoms with E-state index in [2.05, 4.69) is 17.6 Å². The lowest BCUT2D eigenvalue weighted by Gasteiger charge is -2.28. The highest BCUT2D eigenvalue weighted by atomic mass is 35.5. The van der Waals surface area contributed by atoms with Crippen molar-refractivity contribution in [1.29, 1.82) is 0 Å². The predicted molar refractivity (Wildman–Crippen MR) is 81.1 cm³/mol. The van der Waals surface area contributed by atoms with Crippen LogP contribution in [-0.2, 0) is 0 Å². The van der Waals surface area contributed by atoms with Crippen molar-refractivity contribution in [3.8, 4) is 0 Å². The van der Waals surface area contributed by atoms with Crippen LogP contribution in [0.3, 0.4) is 0 Å². The summed E-state index contributed by atoms with van der Waals surface area (Å²) in [6.45, 7) is 7.15. The molecule has 1 aliphatic heterocycles. The predicted octanol–water partition coefficient (Wildman–Crippen LogP) is 2.60. The molecule has 2 unspecified atom stereocenters. The van der Waals surface area contributed by atoms with Crippen LogP contribution in [0.25, 0.3) is 0 Å². The van der Waals surface area contributed by atoms with E-state index in [4.69, 9.17) is 0 Å². The molecule has 0 bridgehead atoms. The summed E-state index contributed by atoms with van der Waals surface area (Å²) < 4.78 is 0. The Kier molecular flexibility index (Phi) is 5.83. The summed E-state index contributed by atoms with van der Waals surface area (Å²) >= 11 is 0. The van der Waals surface area contributed by atoms with E-state index in [9.17, 15) is 4.79 Å². The molecular weight excluding hydrogens is 260 g/mol. The van der Waals surface area contributed by atoms with E-state index in [1.54, 1.807) is 0 Å². The highest BCUT2D eigenvalue weighted by molar-refractivity contribution is 5.96. The minimum atomic E-state index is 0. The van der Waals surface area contributed by atoms with Crippen LogP contribution < -0.4 is 10.6 Å². The second-order valence-electron chi connectivity index (χ2n) is 5.37. The van der Waals surface area contributed by atoms with Crippen molar-refractivity contribution in [3.63, 3.8) is 0 Å². The van der Waals surface area contributed by atoms with Crippen molar-refractivity contribution in [2.45, 2.75) is 45.7 Å². The van der Waals surface area contributed by atoms with Gasteiger partial charge in [0.1, 0.15) is 0 Å². The first kappa shape index (κ1) is 16.0. The maximum Gasteiger partial charge on any atom is 0.251 e. The minimum Gasteiger partial charge on any atom is -0.349 e. The maximum atomic E-state index is 12.3. The molecule has 1 aromatic carbocycles. The lowest BCUT2D eigenvalue weighted by Crippen LogP contribution is -2.46. The second kappa shape index (κ2) is 6.92. The largest absolute Gasteiger partial charge is 0.349 e. The Bertz CT molecular complexity index is 448. The van der Waals surface area contributed by atoms with Gasteiger partial charge < -0.3 is 10.6 Å². The van der Waals surface area contributed by atoms with Crippen LogP contribution in [-0.4, -0.2) is 24.5 Å². The Labute approximate surface area is 121 Å².